The quantitative estimate of drug-likeness (QED) is 0.822. The lowest BCUT2D eigenvalue weighted by Crippen LogP contribution is -2.46. The number of nitrogens with zero attached hydrogens (tertiary/aromatic N) is 3. The first-order valence-electron chi connectivity index (χ1n) is 10.8. The van der Waals surface area contributed by atoms with Crippen LogP contribution in [0.15, 0.2) is 48.5 Å². The zero-order chi connectivity index (χ0) is 21.1. The van der Waals surface area contributed by atoms with Gasteiger partial charge in [0, 0.05) is 6.04 Å². The van der Waals surface area contributed by atoms with Gasteiger partial charge in [0.2, 0.25) is 5.91 Å². The lowest BCUT2D eigenvalue weighted by atomic mass is 9.99. The van der Waals surface area contributed by atoms with Crippen LogP contribution in [0.3, 0.4) is 0 Å². The van der Waals surface area contributed by atoms with E-state index in [1.165, 1.54) is 6.42 Å². The van der Waals surface area contributed by atoms with Crippen LogP contribution in [0.25, 0.3) is 0 Å². The zero-order valence-corrected chi connectivity index (χ0v) is 17.8. The topological polar surface area (TPSA) is 55.9 Å². The lowest BCUT2D eigenvalue weighted by molar-refractivity contribution is -0.120. The van der Waals surface area contributed by atoms with E-state index >= 15 is 0 Å². The second-order valence-electron chi connectivity index (χ2n) is 8.43. The Labute approximate surface area is 178 Å². The molecule has 2 aliphatic rings. The van der Waals surface area contributed by atoms with Crippen molar-refractivity contribution in [1.82, 2.24) is 9.80 Å². The summed E-state index contributed by atoms with van der Waals surface area (Å²) >= 11 is 0. The molecule has 1 saturated heterocycles. The van der Waals surface area contributed by atoms with Crippen LogP contribution >= 0.6 is 0 Å². The minimum absolute atomic E-state index is 0.00292. The van der Waals surface area contributed by atoms with E-state index in [2.05, 4.69) is 29.2 Å². The van der Waals surface area contributed by atoms with Crippen molar-refractivity contribution in [2.45, 2.75) is 31.7 Å². The van der Waals surface area contributed by atoms with Crippen molar-refractivity contribution < 1.29 is 9.59 Å². The lowest BCUT2D eigenvalue weighted by Gasteiger charge is -2.37. The third-order valence-corrected chi connectivity index (χ3v) is 6.03. The summed E-state index contributed by atoms with van der Waals surface area (Å²) in [7, 11) is 4.18. The van der Waals surface area contributed by atoms with Gasteiger partial charge in [-0.05, 0) is 70.7 Å². The van der Waals surface area contributed by atoms with Gasteiger partial charge in [0.05, 0.1) is 29.2 Å². The number of likely N-dealkylation sites (tertiary alicyclic amines) is 1. The van der Waals surface area contributed by atoms with E-state index in [0.717, 1.165) is 38.0 Å². The number of carbonyl (C=O) groups excluding carboxylic acids is 2. The van der Waals surface area contributed by atoms with Crippen LogP contribution in [0, 0.1) is 0 Å². The Kier molecular flexibility index (Phi) is 6.16. The number of piperidine rings is 1. The molecule has 6 heteroatoms. The molecule has 0 bridgehead atoms. The van der Waals surface area contributed by atoms with Crippen LogP contribution in [0.4, 0.5) is 17.1 Å². The van der Waals surface area contributed by atoms with Crippen molar-refractivity contribution in [3.8, 4) is 0 Å². The predicted molar refractivity (Wildman–Crippen MR) is 120 cm³/mol. The summed E-state index contributed by atoms with van der Waals surface area (Å²) in [6, 6.07) is 15.3. The first-order chi connectivity index (χ1) is 14.5. The molecule has 1 N–H and O–H groups in total. The molecule has 1 fully saturated rings. The zero-order valence-electron chi connectivity index (χ0n) is 17.8. The number of nitrogens with one attached hydrogen (secondary N) is 1. The van der Waals surface area contributed by atoms with Gasteiger partial charge in [-0.2, -0.15) is 0 Å². The average molecular weight is 407 g/mol. The van der Waals surface area contributed by atoms with E-state index in [9.17, 15) is 9.59 Å². The first kappa shape index (κ1) is 20.6. The summed E-state index contributed by atoms with van der Waals surface area (Å²) in [5, 5.41) is 2.96. The Bertz CT molecular complexity index is 927. The highest BCUT2D eigenvalue weighted by molar-refractivity contribution is 6.17. The number of hydrogen-bond acceptors (Lipinski definition) is 4. The Balaban J connectivity index is 1.64. The van der Waals surface area contributed by atoms with E-state index < -0.39 is 0 Å². The van der Waals surface area contributed by atoms with Crippen LogP contribution in [-0.4, -0.2) is 61.4 Å². The van der Waals surface area contributed by atoms with E-state index in [1.54, 1.807) is 11.0 Å². The molecule has 0 saturated carbocycles. The summed E-state index contributed by atoms with van der Waals surface area (Å²) in [5.41, 5.74) is 2.55. The van der Waals surface area contributed by atoms with Crippen LogP contribution in [-0.2, 0) is 4.79 Å². The number of rotatable bonds is 5. The number of hydrogen-bond donors (Lipinski definition) is 1. The van der Waals surface area contributed by atoms with Crippen molar-refractivity contribution in [3.63, 3.8) is 0 Å². The summed E-state index contributed by atoms with van der Waals surface area (Å²) in [4.78, 5) is 32.7. The van der Waals surface area contributed by atoms with E-state index in [4.69, 9.17) is 0 Å². The fraction of sp³-hybridized carbons (Fsp3) is 0.417. The standard InChI is InChI=1S/C24H30N4O2/c1-26(2)16-14-18-9-7-8-15-27(18)17-23(29)28-21-12-5-3-10-19(21)24(30)25-20-11-4-6-13-22(20)28/h3-6,10-13,18H,7-9,14-17H2,1-2H3,(H,25,30). The maximum absolute atomic E-state index is 13.7. The van der Waals surface area contributed by atoms with Gasteiger partial charge in [-0.3, -0.25) is 19.4 Å². The smallest absolute Gasteiger partial charge is 0.257 e. The fourth-order valence-electron chi connectivity index (χ4n) is 4.47. The fourth-order valence-corrected chi connectivity index (χ4v) is 4.47. The predicted octanol–water partition coefficient (Wildman–Crippen LogP) is 3.72. The molecular formula is C24H30N4O2. The SMILES string of the molecule is CN(C)CCC1CCCCN1CC(=O)N1c2ccccc2NC(=O)c2ccccc21. The van der Waals surface area contributed by atoms with E-state index in [0.29, 0.717) is 29.5 Å². The highest BCUT2D eigenvalue weighted by Crippen LogP contribution is 2.38. The molecule has 2 aliphatic heterocycles. The van der Waals surface area contributed by atoms with Gasteiger partial charge in [0.25, 0.3) is 5.91 Å². The van der Waals surface area contributed by atoms with Crippen molar-refractivity contribution in [3.05, 3.63) is 54.1 Å². The van der Waals surface area contributed by atoms with Crippen molar-refractivity contribution in [2.75, 3.05) is 43.9 Å². The van der Waals surface area contributed by atoms with Crippen molar-refractivity contribution in [1.29, 1.82) is 0 Å². The molecule has 2 amide bonds. The van der Waals surface area contributed by atoms with Crippen LogP contribution in [0.1, 0.15) is 36.0 Å². The van der Waals surface area contributed by atoms with Gasteiger partial charge in [-0.25, -0.2) is 0 Å². The van der Waals surface area contributed by atoms with Crippen LogP contribution < -0.4 is 10.2 Å². The highest BCUT2D eigenvalue weighted by Gasteiger charge is 2.32. The van der Waals surface area contributed by atoms with Crippen LogP contribution in [0.2, 0.25) is 0 Å². The Morgan fingerprint density at radius 3 is 2.60 bits per heavy atom. The molecule has 2 aromatic carbocycles. The Morgan fingerprint density at radius 1 is 1.07 bits per heavy atom. The normalized spacial score (nSPS) is 19.1. The molecule has 1 unspecified atom stereocenters. The van der Waals surface area contributed by atoms with Crippen molar-refractivity contribution >= 4 is 28.9 Å². The second kappa shape index (κ2) is 8.98. The molecule has 30 heavy (non-hydrogen) atoms. The number of fused-ring (bicyclic) bond motifs is 2. The maximum atomic E-state index is 13.7. The molecule has 0 spiro atoms. The summed E-state index contributed by atoms with van der Waals surface area (Å²) in [6.07, 6.45) is 4.54. The summed E-state index contributed by atoms with van der Waals surface area (Å²) < 4.78 is 0. The Morgan fingerprint density at radius 2 is 1.80 bits per heavy atom. The first-order valence-corrected chi connectivity index (χ1v) is 10.8. The third-order valence-electron chi connectivity index (χ3n) is 6.03. The molecule has 158 valence electrons. The number of amides is 2. The van der Waals surface area contributed by atoms with Gasteiger partial charge in [0.15, 0.2) is 0 Å². The Hall–Kier alpha value is -2.70. The molecule has 0 radical (unpaired) electrons. The van der Waals surface area contributed by atoms with Gasteiger partial charge >= 0.3 is 0 Å². The molecule has 2 aromatic rings. The largest absolute Gasteiger partial charge is 0.320 e. The molecule has 1 atom stereocenters. The number of benzene rings is 2. The second-order valence-corrected chi connectivity index (χ2v) is 8.43. The molecule has 0 aromatic heterocycles. The van der Waals surface area contributed by atoms with Gasteiger partial charge in [-0.1, -0.05) is 30.7 Å². The van der Waals surface area contributed by atoms with Gasteiger partial charge < -0.3 is 10.2 Å². The monoisotopic (exact) mass is 406 g/mol. The maximum Gasteiger partial charge on any atom is 0.257 e. The molecule has 4 rings (SSSR count). The molecular weight excluding hydrogens is 376 g/mol. The van der Waals surface area contributed by atoms with Gasteiger partial charge in [-0.15, -0.1) is 0 Å². The summed E-state index contributed by atoms with van der Waals surface area (Å²) in [6.45, 7) is 2.32. The average Bonchev–Trinajstić information content (AvgIpc) is 2.87. The molecule has 0 aliphatic carbocycles. The number of anilines is 3. The van der Waals surface area contributed by atoms with Crippen molar-refractivity contribution in [2.24, 2.45) is 0 Å². The third kappa shape index (κ3) is 4.25. The highest BCUT2D eigenvalue weighted by atomic mass is 16.2. The molecule has 6 nitrogen and oxygen atoms in total. The minimum Gasteiger partial charge on any atom is -0.320 e. The van der Waals surface area contributed by atoms with E-state index in [1.807, 2.05) is 42.5 Å². The number of carbonyl (C=O) groups is 2. The van der Waals surface area contributed by atoms with Gasteiger partial charge in [0.1, 0.15) is 0 Å². The summed E-state index contributed by atoms with van der Waals surface area (Å²) in [5.74, 6) is -0.182. The minimum atomic E-state index is -0.185. The van der Waals surface area contributed by atoms with E-state index in [-0.39, 0.29) is 11.8 Å². The number of para-hydroxylation sites is 3. The molecule has 2 heterocycles. The van der Waals surface area contributed by atoms with Crippen LogP contribution in [0.5, 0.6) is 0 Å².